The van der Waals surface area contributed by atoms with Gasteiger partial charge < -0.3 is 5.32 Å². The average Bonchev–Trinajstić information content (AvgIpc) is 2.04. The molecule has 0 bridgehead atoms. The van der Waals surface area contributed by atoms with E-state index in [4.69, 9.17) is 0 Å². The molecule has 0 unspecified atom stereocenters. The molecule has 64 valence electrons. The third kappa shape index (κ3) is 0.988. The van der Waals surface area contributed by atoms with Gasteiger partial charge in [0.25, 0.3) is 0 Å². The lowest BCUT2D eigenvalue weighted by molar-refractivity contribution is 0.0181. The second-order valence-corrected chi connectivity index (χ2v) is 5.45. The molecule has 1 aliphatic carbocycles. The van der Waals surface area contributed by atoms with Gasteiger partial charge in [0.1, 0.15) is 0 Å². The van der Waals surface area contributed by atoms with Gasteiger partial charge >= 0.3 is 0 Å². The van der Waals surface area contributed by atoms with Gasteiger partial charge in [-0.3, -0.25) is 0 Å². The van der Waals surface area contributed by atoms with Crippen LogP contribution in [0.5, 0.6) is 0 Å². The minimum absolute atomic E-state index is 0.477. The molecule has 1 saturated carbocycles. The van der Waals surface area contributed by atoms with Gasteiger partial charge in [0, 0.05) is 10.9 Å². The van der Waals surface area contributed by atoms with Crippen molar-refractivity contribution in [1.82, 2.24) is 5.32 Å². The van der Waals surface area contributed by atoms with E-state index in [1.165, 1.54) is 19.4 Å². The molecule has 3 atom stereocenters. The van der Waals surface area contributed by atoms with Crippen LogP contribution in [0.25, 0.3) is 0 Å². The fourth-order valence-electron chi connectivity index (χ4n) is 2.65. The van der Waals surface area contributed by atoms with E-state index >= 15 is 0 Å². The number of alkyl halides is 1. The van der Waals surface area contributed by atoms with Crippen LogP contribution < -0.4 is 5.32 Å². The molecule has 1 saturated heterocycles. The topological polar surface area (TPSA) is 12.0 Å². The molecule has 0 amide bonds. The number of fused-ring (bicyclic) bond motifs is 1. The lowest BCUT2D eigenvalue weighted by Crippen LogP contribution is -2.67. The number of rotatable bonds is 0. The molecule has 2 rings (SSSR count). The van der Waals surface area contributed by atoms with Crippen molar-refractivity contribution in [3.8, 4) is 0 Å². The molecular formula is C9H16BrN. The summed E-state index contributed by atoms with van der Waals surface area (Å²) in [5.41, 5.74) is 0.477. The van der Waals surface area contributed by atoms with E-state index in [9.17, 15) is 0 Å². The van der Waals surface area contributed by atoms with E-state index < -0.39 is 0 Å². The Morgan fingerprint density at radius 1 is 1.45 bits per heavy atom. The molecular weight excluding hydrogens is 202 g/mol. The van der Waals surface area contributed by atoms with Crippen molar-refractivity contribution >= 4 is 15.9 Å². The van der Waals surface area contributed by atoms with Crippen molar-refractivity contribution in [3.05, 3.63) is 0 Å². The number of nitrogens with one attached hydrogen (secondary N) is 1. The predicted molar refractivity (Wildman–Crippen MR) is 51.0 cm³/mol. The van der Waals surface area contributed by atoms with Gasteiger partial charge in [-0.2, -0.15) is 0 Å². The molecule has 0 radical (unpaired) electrons. The van der Waals surface area contributed by atoms with Crippen molar-refractivity contribution in [2.24, 2.45) is 11.3 Å². The van der Waals surface area contributed by atoms with Gasteiger partial charge in [0.15, 0.2) is 0 Å². The Kier molecular flexibility index (Phi) is 1.80. The summed E-state index contributed by atoms with van der Waals surface area (Å²) in [5, 5.41) is 3.61. The maximum atomic E-state index is 3.78. The van der Waals surface area contributed by atoms with Crippen LogP contribution in [0.3, 0.4) is 0 Å². The number of piperidine rings is 1. The van der Waals surface area contributed by atoms with Gasteiger partial charge in [-0.1, -0.05) is 29.8 Å². The van der Waals surface area contributed by atoms with E-state index in [2.05, 4.69) is 35.1 Å². The minimum atomic E-state index is 0.477. The molecule has 1 nitrogen and oxygen atoms in total. The number of hydrogen-bond donors (Lipinski definition) is 1. The Hall–Kier alpha value is 0.440. The highest BCUT2D eigenvalue weighted by atomic mass is 79.9. The van der Waals surface area contributed by atoms with Crippen LogP contribution in [0.4, 0.5) is 0 Å². The minimum Gasteiger partial charge on any atom is -0.313 e. The molecule has 0 aromatic carbocycles. The summed E-state index contributed by atoms with van der Waals surface area (Å²) in [6.07, 6.45) is 2.77. The lowest BCUT2D eigenvalue weighted by atomic mass is 9.57. The average molecular weight is 218 g/mol. The van der Waals surface area contributed by atoms with Crippen LogP contribution in [-0.4, -0.2) is 17.4 Å². The first-order chi connectivity index (χ1) is 5.14. The van der Waals surface area contributed by atoms with Crippen LogP contribution in [0.1, 0.15) is 26.7 Å². The molecule has 0 spiro atoms. The van der Waals surface area contributed by atoms with Crippen molar-refractivity contribution in [2.75, 3.05) is 6.54 Å². The first-order valence-electron chi connectivity index (χ1n) is 4.51. The first kappa shape index (κ1) is 8.06. The van der Waals surface area contributed by atoms with Crippen molar-refractivity contribution in [1.29, 1.82) is 0 Å². The summed E-state index contributed by atoms with van der Waals surface area (Å²) in [7, 11) is 0. The third-order valence-electron chi connectivity index (χ3n) is 3.39. The normalized spacial score (nSPS) is 47.7. The highest BCUT2D eigenvalue weighted by Gasteiger charge is 2.55. The Labute approximate surface area is 77.1 Å². The summed E-state index contributed by atoms with van der Waals surface area (Å²) in [6.45, 7) is 5.93. The van der Waals surface area contributed by atoms with E-state index in [-0.39, 0.29) is 0 Å². The van der Waals surface area contributed by atoms with Gasteiger partial charge in [-0.25, -0.2) is 0 Å². The lowest BCUT2D eigenvalue weighted by Gasteiger charge is -2.58. The molecule has 1 N–H and O–H groups in total. The monoisotopic (exact) mass is 217 g/mol. The van der Waals surface area contributed by atoms with Crippen LogP contribution in [0, 0.1) is 11.3 Å². The Balaban J connectivity index is 2.09. The van der Waals surface area contributed by atoms with E-state index in [0.29, 0.717) is 5.41 Å². The van der Waals surface area contributed by atoms with Crippen molar-refractivity contribution in [3.63, 3.8) is 0 Å². The van der Waals surface area contributed by atoms with Gasteiger partial charge in [0.05, 0.1) is 0 Å². The molecule has 11 heavy (non-hydrogen) atoms. The smallest absolute Gasteiger partial charge is 0.0255 e. The molecule has 0 aromatic heterocycles. The molecule has 0 aromatic rings. The highest BCUT2D eigenvalue weighted by Crippen LogP contribution is 2.52. The van der Waals surface area contributed by atoms with Gasteiger partial charge in [-0.15, -0.1) is 0 Å². The zero-order chi connectivity index (χ0) is 8.06. The Morgan fingerprint density at radius 3 is 2.82 bits per heavy atom. The molecule has 2 heteroatoms. The largest absolute Gasteiger partial charge is 0.313 e. The van der Waals surface area contributed by atoms with Crippen molar-refractivity contribution in [2.45, 2.75) is 37.6 Å². The zero-order valence-electron chi connectivity index (χ0n) is 7.23. The van der Waals surface area contributed by atoms with Crippen molar-refractivity contribution < 1.29 is 0 Å². The fraction of sp³-hybridized carbons (Fsp3) is 1.00. The van der Waals surface area contributed by atoms with E-state index in [1.54, 1.807) is 0 Å². The number of hydrogen-bond acceptors (Lipinski definition) is 1. The van der Waals surface area contributed by atoms with Crippen LogP contribution in [0.2, 0.25) is 0 Å². The molecule has 1 aliphatic heterocycles. The predicted octanol–water partition coefficient (Wildman–Crippen LogP) is 2.16. The maximum Gasteiger partial charge on any atom is 0.0255 e. The third-order valence-corrected chi connectivity index (χ3v) is 5.25. The van der Waals surface area contributed by atoms with Gasteiger partial charge in [-0.05, 0) is 30.7 Å². The quantitative estimate of drug-likeness (QED) is 0.614. The summed E-state index contributed by atoms with van der Waals surface area (Å²) in [6, 6.07) is 0.778. The zero-order valence-corrected chi connectivity index (χ0v) is 8.82. The highest BCUT2D eigenvalue weighted by molar-refractivity contribution is 9.09. The summed E-state index contributed by atoms with van der Waals surface area (Å²) in [5.74, 6) is 0.902. The number of halogens is 1. The molecule has 2 fully saturated rings. The fourth-order valence-corrected chi connectivity index (χ4v) is 3.50. The van der Waals surface area contributed by atoms with E-state index in [1.807, 2.05) is 0 Å². The standard InChI is InChI=1S/C9H16BrN/c1-9(2)7(10)6-4-3-5-11-8(6)9/h6-8,11H,3-5H2,1-2H3/t6-,7+,8+/m0/s1. The van der Waals surface area contributed by atoms with Crippen LogP contribution in [0.15, 0.2) is 0 Å². The van der Waals surface area contributed by atoms with Crippen LogP contribution >= 0.6 is 15.9 Å². The van der Waals surface area contributed by atoms with Crippen LogP contribution in [-0.2, 0) is 0 Å². The summed E-state index contributed by atoms with van der Waals surface area (Å²) >= 11 is 3.78. The SMILES string of the molecule is CC1(C)[C@H](Br)[C@@H]2CCCN[C@H]21. The Bertz CT molecular complexity index is 167. The second kappa shape index (κ2) is 2.46. The summed E-state index contributed by atoms with van der Waals surface area (Å²) in [4.78, 5) is 0.743. The molecule has 2 aliphatic rings. The maximum absolute atomic E-state index is 3.78. The molecule has 1 heterocycles. The first-order valence-corrected chi connectivity index (χ1v) is 5.43. The second-order valence-electron chi connectivity index (χ2n) is 4.46. The van der Waals surface area contributed by atoms with Gasteiger partial charge in [0.2, 0.25) is 0 Å². The summed E-state index contributed by atoms with van der Waals surface area (Å²) < 4.78 is 0. The van der Waals surface area contributed by atoms with E-state index in [0.717, 1.165) is 16.8 Å². The Morgan fingerprint density at radius 2 is 2.18 bits per heavy atom.